The Morgan fingerprint density at radius 3 is 3.11 bits per heavy atom. The van der Waals surface area contributed by atoms with Gasteiger partial charge in [0.05, 0.1) is 38.7 Å². The number of nitrogens with zero attached hydrogens (tertiary/aromatic N) is 1. The summed E-state index contributed by atoms with van der Waals surface area (Å²) >= 11 is 1.29. The molecule has 7 heteroatoms. The lowest BCUT2D eigenvalue weighted by molar-refractivity contribution is -0.0818. The van der Waals surface area contributed by atoms with Gasteiger partial charge in [0, 0.05) is 6.54 Å². The quantitative estimate of drug-likeness (QED) is 0.827. The standard InChI is InChI=1S/C11H16N2O4S/c1-7-9(10(14)15-2)18-11(13-7)12-5-8-6-16-3-4-17-8/h8H,3-6H2,1-2H3,(H,12,13). The number of rotatable bonds is 4. The van der Waals surface area contributed by atoms with Crippen LogP contribution >= 0.6 is 11.3 Å². The number of anilines is 1. The zero-order valence-corrected chi connectivity index (χ0v) is 11.2. The van der Waals surface area contributed by atoms with Crippen LogP contribution in [-0.2, 0) is 14.2 Å². The fraction of sp³-hybridized carbons (Fsp3) is 0.636. The summed E-state index contributed by atoms with van der Waals surface area (Å²) in [6, 6.07) is 0. The van der Waals surface area contributed by atoms with Crippen LogP contribution in [0.4, 0.5) is 5.13 Å². The molecule has 0 amide bonds. The van der Waals surface area contributed by atoms with Crippen LogP contribution in [0.3, 0.4) is 0 Å². The van der Waals surface area contributed by atoms with E-state index in [-0.39, 0.29) is 12.1 Å². The summed E-state index contributed by atoms with van der Waals surface area (Å²) in [6.07, 6.45) is 0.0320. The first-order valence-electron chi connectivity index (χ1n) is 5.69. The van der Waals surface area contributed by atoms with Crippen LogP contribution in [0.25, 0.3) is 0 Å². The van der Waals surface area contributed by atoms with E-state index in [0.717, 1.165) is 0 Å². The van der Waals surface area contributed by atoms with E-state index in [4.69, 9.17) is 9.47 Å². The summed E-state index contributed by atoms with van der Waals surface area (Å²) in [6.45, 7) is 4.26. The zero-order valence-electron chi connectivity index (χ0n) is 10.4. The molecule has 6 nitrogen and oxygen atoms in total. The van der Waals surface area contributed by atoms with E-state index >= 15 is 0 Å². The second kappa shape index (κ2) is 6.12. The van der Waals surface area contributed by atoms with Gasteiger partial charge in [-0.15, -0.1) is 0 Å². The fourth-order valence-corrected chi connectivity index (χ4v) is 2.50. The van der Waals surface area contributed by atoms with Crippen LogP contribution < -0.4 is 5.32 Å². The first kappa shape index (κ1) is 13.3. The lowest BCUT2D eigenvalue weighted by Gasteiger charge is -2.22. The van der Waals surface area contributed by atoms with Crippen molar-refractivity contribution in [2.24, 2.45) is 0 Å². The molecule has 1 saturated heterocycles. The Bertz CT molecular complexity index is 415. The van der Waals surface area contributed by atoms with Gasteiger partial charge in [-0.25, -0.2) is 9.78 Å². The molecule has 1 aliphatic rings. The molecule has 1 aromatic heterocycles. The molecule has 0 saturated carbocycles. The number of methoxy groups -OCH3 is 1. The number of aromatic nitrogens is 1. The summed E-state index contributed by atoms with van der Waals surface area (Å²) in [5.41, 5.74) is 0.676. The highest BCUT2D eigenvalue weighted by atomic mass is 32.1. The van der Waals surface area contributed by atoms with Crippen LogP contribution in [0.15, 0.2) is 0 Å². The maximum absolute atomic E-state index is 11.4. The monoisotopic (exact) mass is 272 g/mol. The predicted octanol–water partition coefficient (Wildman–Crippen LogP) is 1.07. The van der Waals surface area contributed by atoms with Crippen LogP contribution in [0.1, 0.15) is 15.4 Å². The average Bonchev–Trinajstić information content (AvgIpc) is 2.78. The van der Waals surface area contributed by atoms with E-state index in [1.807, 2.05) is 0 Å². The Kier molecular flexibility index (Phi) is 4.51. The molecule has 1 atom stereocenters. The van der Waals surface area contributed by atoms with Gasteiger partial charge < -0.3 is 19.5 Å². The number of thiazole rings is 1. The van der Waals surface area contributed by atoms with Gasteiger partial charge in [0.1, 0.15) is 4.88 Å². The number of carbonyl (C=O) groups excluding carboxylic acids is 1. The Hall–Kier alpha value is -1.18. The molecule has 0 spiro atoms. The topological polar surface area (TPSA) is 69.7 Å². The summed E-state index contributed by atoms with van der Waals surface area (Å²) < 4.78 is 15.5. The number of nitrogens with one attached hydrogen (secondary N) is 1. The number of esters is 1. The molecule has 18 heavy (non-hydrogen) atoms. The second-order valence-electron chi connectivity index (χ2n) is 3.87. The smallest absolute Gasteiger partial charge is 0.350 e. The lowest BCUT2D eigenvalue weighted by atomic mass is 10.3. The van der Waals surface area contributed by atoms with Crippen LogP contribution in [0.5, 0.6) is 0 Å². The summed E-state index contributed by atoms with van der Waals surface area (Å²) in [5, 5.41) is 3.85. The third-order valence-electron chi connectivity index (χ3n) is 2.53. The molecule has 0 aliphatic carbocycles. The van der Waals surface area contributed by atoms with E-state index in [2.05, 4.69) is 15.0 Å². The normalized spacial score (nSPS) is 19.6. The number of ether oxygens (including phenoxy) is 3. The first-order valence-corrected chi connectivity index (χ1v) is 6.51. The minimum Gasteiger partial charge on any atom is -0.465 e. The van der Waals surface area contributed by atoms with Crippen molar-refractivity contribution in [3.8, 4) is 0 Å². The average molecular weight is 272 g/mol. The molecule has 1 N–H and O–H groups in total. The minimum atomic E-state index is -0.352. The van der Waals surface area contributed by atoms with E-state index in [1.165, 1.54) is 18.4 Å². The molecule has 1 aliphatic heterocycles. The van der Waals surface area contributed by atoms with Crippen molar-refractivity contribution in [1.29, 1.82) is 0 Å². The molecular weight excluding hydrogens is 256 g/mol. The van der Waals surface area contributed by atoms with Gasteiger partial charge in [-0.1, -0.05) is 11.3 Å². The van der Waals surface area contributed by atoms with Gasteiger partial charge >= 0.3 is 5.97 Å². The van der Waals surface area contributed by atoms with Crippen molar-refractivity contribution >= 4 is 22.4 Å². The van der Waals surface area contributed by atoms with Gasteiger partial charge in [0.2, 0.25) is 0 Å². The third-order valence-corrected chi connectivity index (χ3v) is 3.63. The largest absolute Gasteiger partial charge is 0.465 e. The van der Waals surface area contributed by atoms with Gasteiger partial charge in [-0.3, -0.25) is 0 Å². The van der Waals surface area contributed by atoms with E-state index in [1.54, 1.807) is 6.92 Å². The molecule has 1 unspecified atom stereocenters. The minimum absolute atomic E-state index is 0.0320. The van der Waals surface area contributed by atoms with Crippen molar-refractivity contribution in [1.82, 2.24) is 4.98 Å². The second-order valence-corrected chi connectivity index (χ2v) is 4.87. The van der Waals surface area contributed by atoms with E-state index in [0.29, 0.717) is 42.1 Å². The molecule has 1 fully saturated rings. The van der Waals surface area contributed by atoms with E-state index < -0.39 is 0 Å². The third kappa shape index (κ3) is 3.18. The number of aryl methyl sites for hydroxylation is 1. The molecule has 0 bridgehead atoms. The molecule has 0 radical (unpaired) electrons. The molecule has 1 aromatic rings. The predicted molar refractivity (Wildman–Crippen MR) is 67.2 cm³/mol. The van der Waals surface area contributed by atoms with Crippen molar-refractivity contribution in [2.45, 2.75) is 13.0 Å². The Labute approximate surface area is 109 Å². The maximum atomic E-state index is 11.4. The highest BCUT2D eigenvalue weighted by Gasteiger charge is 2.18. The fourth-order valence-electron chi connectivity index (χ4n) is 1.61. The van der Waals surface area contributed by atoms with Gasteiger partial charge in [-0.2, -0.15) is 0 Å². The van der Waals surface area contributed by atoms with Gasteiger partial charge in [0.25, 0.3) is 0 Å². The Morgan fingerprint density at radius 1 is 1.61 bits per heavy atom. The van der Waals surface area contributed by atoms with Gasteiger partial charge in [0.15, 0.2) is 5.13 Å². The van der Waals surface area contributed by atoms with Gasteiger partial charge in [-0.05, 0) is 6.92 Å². The van der Waals surface area contributed by atoms with E-state index in [9.17, 15) is 4.79 Å². The SMILES string of the molecule is COC(=O)c1sc(NCC2COCCO2)nc1C. The van der Waals surface area contributed by atoms with Crippen molar-refractivity contribution < 1.29 is 19.0 Å². The van der Waals surface area contributed by atoms with Crippen LogP contribution in [0.2, 0.25) is 0 Å². The molecule has 100 valence electrons. The number of hydrogen-bond acceptors (Lipinski definition) is 7. The zero-order chi connectivity index (χ0) is 13.0. The molecule has 2 rings (SSSR count). The summed E-state index contributed by atoms with van der Waals surface area (Å²) in [4.78, 5) is 16.2. The van der Waals surface area contributed by atoms with Crippen LogP contribution in [-0.4, -0.2) is 50.5 Å². The first-order chi connectivity index (χ1) is 8.70. The Balaban J connectivity index is 1.91. The van der Waals surface area contributed by atoms with Crippen molar-refractivity contribution in [2.75, 3.05) is 38.8 Å². The molecular formula is C11H16N2O4S. The van der Waals surface area contributed by atoms with Crippen molar-refractivity contribution in [3.05, 3.63) is 10.6 Å². The maximum Gasteiger partial charge on any atom is 0.350 e. The highest BCUT2D eigenvalue weighted by molar-refractivity contribution is 7.17. The lowest BCUT2D eigenvalue weighted by Crippen LogP contribution is -2.34. The number of hydrogen-bond donors (Lipinski definition) is 1. The highest BCUT2D eigenvalue weighted by Crippen LogP contribution is 2.23. The summed E-state index contributed by atoms with van der Waals surface area (Å²) in [7, 11) is 1.36. The number of carbonyl (C=O) groups is 1. The van der Waals surface area contributed by atoms with Crippen molar-refractivity contribution in [3.63, 3.8) is 0 Å². The molecule has 2 heterocycles. The summed E-state index contributed by atoms with van der Waals surface area (Å²) in [5.74, 6) is -0.352. The van der Waals surface area contributed by atoms with Crippen LogP contribution in [0, 0.1) is 6.92 Å². The molecule has 0 aromatic carbocycles. The Morgan fingerprint density at radius 2 is 2.44 bits per heavy atom.